The molecule has 0 radical (unpaired) electrons. The van der Waals surface area contributed by atoms with Gasteiger partial charge < -0.3 is 4.98 Å². The van der Waals surface area contributed by atoms with Gasteiger partial charge in [-0.1, -0.05) is 18.2 Å². The van der Waals surface area contributed by atoms with Gasteiger partial charge in [-0.15, -0.1) is 0 Å². The summed E-state index contributed by atoms with van der Waals surface area (Å²) in [6, 6.07) is 10.6. The van der Waals surface area contributed by atoms with Gasteiger partial charge in [-0.25, -0.2) is 0 Å². The third-order valence-corrected chi connectivity index (χ3v) is 3.13. The van der Waals surface area contributed by atoms with Crippen LogP contribution in [0.25, 0.3) is 22.0 Å². The highest BCUT2D eigenvalue weighted by Crippen LogP contribution is 2.25. The van der Waals surface area contributed by atoms with Gasteiger partial charge in [-0.2, -0.15) is 0 Å². The van der Waals surface area contributed by atoms with Crippen molar-refractivity contribution >= 4 is 10.9 Å². The van der Waals surface area contributed by atoms with E-state index in [0.29, 0.717) is 0 Å². The second-order valence-electron chi connectivity index (χ2n) is 4.42. The number of H-pyrrole nitrogens is 1. The molecule has 0 aliphatic carbocycles. The lowest BCUT2D eigenvalue weighted by molar-refractivity contribution is 1.20. The van der Waals surface area contributed by atoms with Gasteiger partial charge in [0.15, 0.2) is 0 Å². The molecule has 1 aromatic carbocycles. The summed E-state index contributed by atoms with van der Waals surface area (Å²) in [6.45, 7) is 4.12. The van der Waals surface area contributed by atoms with Gasteiger partial charge >= 0.3 is 0 Å². The number of rotatable bonds is 1. The van der Waals surface area contributed by atoms with Crippen LogP contribution in [0.2, 0.25) is 0 Å². The zero-order valence-electron chi connectivity index (χ0n) is 9.99. The van der Waals surface area contributed by atoms with E-state index in [0.717, 1.165) is 11.3 Å². The molecule has 0 unspecified atom stereocenters. The second kappa shape index (κ2) is 3.74. The Balaban J connectivity index is 2.14. The number of aromatic nitrogens is 2. The zero-order valence-corrected chi connectivity index (χ0v) is 9.99. The van der Waals surface area contributed by atoms with Gasteiger partial charge in [0.25, 0.3) is 0 Å². The molecule has 2 aromatic heterocycles. The van der Waals surface area contributed by atoms with E-state index in [2.05, 4.69) is 41.2 Å². The largest absolute Gasteiger partial charge is 0.361 e. The molecule has 0 fully saturated rings. The maximum absolute atomic E-state index is 4.33. The number of benzene rings is 1. The summed E-state index contributed by atoms with van der Waals surface area (Å²) in [5, 5.41) is 1.29. The van der Waals surface area contributed by atoms with Crippen LogP contribution in [-0.2, 0) is 0 Å². The Kier molecular flexibility index (Phi) is 2.22. The molecule has 0 saturated carbocycles. The standard InChI is InChI=1S/C15H14N2/c1-10-8-17-15-7-12(5-6-14(10)15)13-4-3-11(2)16-9-13/h3-9,17H,1-2H3. The Bertz CT molecular complexity index is 663. The first kappa shape index (κ1) is 10.1. The minimum absolute atomic E-state index is 1.05. The number of hydrogen-bond acceptors (Lipinski definition) is 1. The molecule has 17 heavy (non-hydrogen) atoms. The number of aromatic amines is 1. The molecule has 0 amide bonds. The molecule has 0 aliphatic rings. The van der Waals surface area contributed by atoms with Crippen molar-refractivity contribution in [3.63, 3.8) is 0 Å². The molecule has 0 spiro atoms. The van der Waals surface area contributed by atoms with Gasteiger partial charge in [-0.3, -0.25) is 4.98 Å². The van der Waals surface area contributed by atoms with E-state index in [1.807, 2.05) is 25.4 Å². The van der Waals surface area contributed by atoms with Crippen LogP contribution >= 0.6 is 0 Å². The van der Waals surface area contributed by atoms with E-state index >= 15 is 0 Å². The van der Waals surface area contributed by atoms with Crippen LogP contribution in [0.15, 0.2) is 42.7 Å². The quantitative estimate of drug-likeness (QED) is 0.665. The number of pyridine rings is 1. The zero-order chi connectivity index (χ0) is 11.8. The number of fused-ring (bicyclic) bond motifs is 1. The van der Waals surface area contributed by atoms with Gasteiger partial charge in [0.1, 0.15) is 0 Å². The Morgan fingerprint density at radius 3 is 2.59 bits per heavy atom. The van der Waals surface area contributed by atoms with Crippen molar-refractivity contribution in [2.24, 2.45) is 0 Å². The SMILES string of the molecule is Cc1ccc(-c2ccc3c(C)c[nH]c3c2)cn1. The summed E-state index contributed by atoms with van der Waals surface area (Å²) >= 11 is 0. The maximum Gasteiger partial charge on any atom is 0.0462 e. The predicted octanol–water partition coefficient (Wildman–Crippen LogP) is 3.85. The van der Waals surface area contributed by atoms with E-state index in [9.17, 15) is 0 Å². The van der Waals surface area contributed by atoms with Gasteiger partial charge in [0, 0.05) is 34.6 Å². The fourth-order valence-corrected chi connectivity index (χ4v) is 2.09. The number of nitrogens with one attached hydrogen (secondary N) is 1. The molecular weight excluding hydrogens is 208 g/mol. The van der Waals surface area contributed by atoms with Gasteiger partial charge in [0.05, 0.1) is 0 Å². The normalized spacial score (nSPS) is 10.9. The van der Waals surface area contributed by atoms with Crippen LogP contribution in [0, 0.1) is 13.8 Å². The maximum atomic E-state index is 4.33. The highest BCUT2D eigenvalue weighted by Gasteiger charge is 2.02. The fourth-order valence-electron chi connectivity index (χ4n) is 2.09. The number of nitrogens with zero attached hydrogens (tertiary/aromatic N) is 1. The molecule has 0 bridgehead atoms. The Morgan fingerprint density at radius 1 is 1.00 bits per heavy atom. The highest BCUT2D eigenvalue weighted by molar-refractivity contribution is 5.87. The first-order valence-electron chi connectivity index (χ1n) is 5.75. The summed E-state index contributed by atoms with van der Waals surface area (Å²) in [5.41, 5.74) is 5.87. The van der Waals surface area contributed by atoms with Crippen molar-refractivity contribution in [1.29, 1.82) is 0 Å². The van der Waals surface area contributed by atoms with E-state index in [4.69, 9.17) is 0 Å². The Labute approximate surface area is 100 Å². The molecule has 2 heteroatoms. The molecule has 3 rings (SSSR count). The van der Waals surface area contributed by atoms with E-state index in [1.165, 1.54) is 22.0 Å². The lowest BCUT2D eigenvalue weighted by atomic mass is 10.0. The molecule has 0 atom stereocenters. The third-order valence-electron chi connectivity index (χ3n) is 3.13. The Morgan fingerprint density at radius 2 is 1.82 bits per heavy atom. The topological polar surface area (TPSA) is 28.7 Å². The minimum Gasteiger partial charge on any atom is -0.361 e. The van der Waals surface area contributed by atoms with E-state index in [1.54, 1.807) is 0 Å². The lowest BCUT2D eigenvalue weighted by Crippen LogP contribution is -1.83. The summed E-state index contributed by atoms with van der Waals surface area (Å²) in [6.07, 6.45) is 3.97. The minimum atomic E-state index is 1.05. The molecule has 0 saturated heterocycles. The molecule has 0 aliphatic heterocycles. The lowest BCUT2D eigenvalue weighted by Gasteiger charge is -2.02. The second-order valence-corrected chi connectivity index (χ2v) is 4.42. The van der Waals surface area contributed by atoms with Crippen LogP contribution in [0.4, 0.5) is 0 Å². The van der Waals surface area contributed by atoms with Crippen molar-refractivity contribution in [2.45, 2.75) is 13.8 Å². The van der Waals surface area contributed by atoms with Crippen LogP contribution < -0.4 is 0 Å². The Hall–Kier alpha value is -2.09. The van der Waals surface area contributed by atoms with Crippen LogP contribution in [0.5, 0.6) is 0 Å². The predicted molar refractivity (Wildman–Crippen MR) is 71.0 cm³/mol. The summed E-state index contributed by atoms with van der Waals surface area (Å²) in [4.78, 5) is 7.62. The van der Waals surface area contributed by atoms with Gasteiger partial charge in [0.2, 0.25) is 0 Å². The van der Waals surface area contributed by atoms with Crippen LogP contribution in [0.3, 0.4) is 0 Å². The number of hydrogen-bond donors (Lipinski definition) is 1. The third kappa shape index (κ3) is 1.72. The van der Waals surface area contributed by atoms with Crippen LogP contribution in [0.1, 0.15) is 11.3 Å². The van der Waals surface area contributed by atoms with Crippen molar-refractivity contribution < 1.29 is 0 Å². The molecule has 3 aromatic rings. The summed E-state index contributed by atoms with van der Waals surface area (Å²) in [7, 11) is 0. The van der Waals surface area contributed by atoms with E-state index < -0.39 is 0 Å². The van der Waals surface area contributed by atoms with E-state index in [-0.39, 0.29) is 0 Å². The average molecular weight is 222 g/mol. The molecular formula is C15H14N2. The van der Waals surface area contributed by atoms with Crippen LogP contribution in [-0.4, -0.2) is 9.97 Å². The van der Waals surface area contributed by atoms with Crippen molar-refractivity contribution in [2.75, 3.05) is 0 Å². The highest BCUT2D eigenvalue weighted by atomic mass is 14.7. The molecule has 2 heterocycles. The number of aryl methyl sites for hydroxylation is 2. The first-order chi connectivity index (χ1) is 8.24. The summed E-state index contributed by atoms with van der Waals surface area (Å²) < 4.78 is 0. The first-order valence-corrected chi connectivity index (χ1v) is 5.75. The van der Waals surface area contributed by atoms with Crippen molar-refractivity contribution in [1.82, 2.24) is 9.97 Å². The fraction of sp³-hybridized carbons (Fsp3) is 0.133. The molecule has 2 nitrogen and oxygen atoms in total. The van der Waals surface area contributed by atoms with Crippen molar-refractivity contribution in [3.8, 4) is 11.1 Å². The smallest absolute Gasteiger partial charge is 0.0462 e. The monoisotopic (exact) mass is 222 g/mol. The van der Waals surface area contributed by atoms with Gasteiger partial charge in [-0.05, 0) is 37.1 Å². The average Bonchev–Trinajstić information content (AvgIpc) is 2.72. The summed E-state index contributed by atoms with van der Waals surface area (Å²) in [5.74, 6) is 0. The van der Waals surface area contributed by atoms with Crippen molar-refractivity contribution in [3.05, 3.63) is 54.0 Å². The molecule has 1 N–H and O–H groups in total. The molecule has 84 valence electrons.